The van der Waals surface area contributed by atoms with Crippen LogP contribution in [0, 0.1) is 0 Å². The second-order valence-electron chi connectivity index (χ2n) is 6.80. The quantitative estimate of drug-likeness (QED) is 0.907. The van der Waals surface area contributed by atoms with Gasteiger partial charge in [0.15, 0.2) is 0 Å². The molecule has 2 heterocycles. The van der Waals surface area contributed by atoms with Gasteiger partial charge in [-0.25, -0.2) is 0 Å². The first-order chi connectivity index (χ1) is 11.2. The van der Waals surface area contributed by atoms with E-state index in [2.05, 4.69) is 36.2 Å². The molecule has 0 aromatic heterocycles. The SMILES string of the molecule is CCCN(CC)c1ccc(C(=O)N2CCC3CCC(C2)N3)cc1. The first-order valence-electron chi connectivity index (χ1n) is 9.11. The van der Waals surface area contributed by atoms with Gasteiger partial charge in [0, 0.05) is 49.5 Å². The molecule has 2 aliphatic rings. The molecule has 4 heteroatoms. The van der Waals surface area contributed by atoms with Crippen molar-refractivity contribution >= 4 is 11.6 Å². The summed E-state index contributed by atoms with van der Waals surface area (Å²) in [6.07, 6.45) is 4.69. The summed E-state index contributed by atoms with van der Waals surface area (Å²) >= 11 is 0. The smallest absolute Gasteiger partial charge is 0.253 e. The van der Waals surface area contributed by atoms with Crippen LogP contribution < -0.4 is 10.2 Å². The molecule has 1 aromatic rings. The van der Waals surface area contributed by atoms with Crippen LogP contribution in [-0.4, -0.2) is 49.1 Å². The predicted octanol–water partition coefficient (Wildman–Crippen LogP) is 2.89. The fraction of sp³-hybridized carbons (Fsp3) is 0.632. The normalized spacial score (nSPS) is 23.7. The number of benzene rings is 1. The molecule has 3 rings (SSSR count). The van der Waals surface area contributed by atoms with Gasteiger partial charge in [-0.05, 0) is 56.9 Å². The van der Waals surface area contributed by atoms with Gasteiger partial charge in [0.25, 0.3) is 5.91 Å². The zero-order valence-electron chi connectivity index (χ0n) is 14.4. The lowest BCUT2D eigenvalue weighted by Gasteiger charge is -2.25. The van der Waals surface area contributed by atoms with E-state index in [-0.39, 0.29) is 5.91 Å². The summed E-state index contributed by atoms with van der Waals surface area (Å²) in [7, 11) is 0. The summed E-state index contributed by atoms with van der Waals surface area (Å²) in [4.78, 5) is 17.2. The van der Waals surface area contributed by atoms with Crippen LogP contribution in [0.4, 0.5) is 5.69 Å². The molecule has 0 saturated carbocycles. The number of likely N-dealkylation sites (tertiary alicyclic amines) is 1. The van der Waals surface area contributed by atoms with Crippen LogP contribution in [0.25, 0.3) is 0 Å². The molecule has 0 aliphatic carbocycles. The fourth-order valence-corrected chi connectivity index (χ4v) is 3.86. The van der Waals surface area contributed by atoms with Crippen molar-refractivity contribution in [2.75, 3.05) is 31.1 Å². The number of hydrogen-bond donors (Lipinski definition) is 1. The number of anilines is 1. The summed E-state index contributed by atoms with van der Waals surface area (Å²) < 4.78 is 0. The van der Waals surface area contributed by atoms with E-state index in [1.54, 1.807) is 0 Å². The van der Waals surface area contributed by atoms with Gasteiger partial charge in [-0.3, -0.25) is 4.79 Å². The summed E-state index contributed by atoms with van der Waals surface area (Å²) in [5, 5.41) is 3.63. The molecule has 2 fully saturated rings. The van der Waals surface area contributed by atoms with Crippen LogP contribution in [0.5, 0.6) is 0 Å². The molecule has 1 amide bonds. The van der Waals surface area contributed by atoms with Crippen LogP contribution in [-0.2, 0) is 0 Å². The van der Waals surface area contributed by atoms with Crippen molar-refractivity contribution in [3.05, 3.63) is 29.8 Å². The number of nitrogens with zero attached hydrogens (tertiary/aromatic N) is 2. The van der Waals surface area contributed by atoms with E-state index in [0.29, 0.717) is 12.1 Å². The number of carbonyl (C=O) groups is 1. The molecule has 4 nitrogen and oxygen atoms in total. The molecule has 2 atom stereocenters. The first-order valence-corrected chi connectivity index (χ1v) is 9.11. The van der Waals surface area contributed by atoms with Crippen molar-refractivity contribution in [2.24, 2.45) is 0 Å². The Morgan fingerprint density at radius 2 is 1.91 bits per heavy atom. The third kappa shape index (κ3) is 3.69. The van der Waals surface area contributed by atoms with E-state index in [1.165, 1.54) is 18.5 Å². The van der Waals surface area contributed by atoms with Crippen molar-refractivity contribution < 1.29 is 4.79 Å². The third-order valence-electron chi connectivity index (χ3n) is 5.17. The lowest BCUT2D eigenvalue weighted by Crippen LogP contribution is -2.39. The molecule has 2 unspecified atom stereocenters. The van der Waals surface area contributed by atoms with Crippen LogP contribution in [0.1, 0.15) is 49.9 Å². The van der Waals surface area contributed by atoms with E-state index in [0.717, 1.165) is 44.6 Å². The minimum Gasteiger partial charge on any atom is -0.372 e. The lowest BCUT2D eigenvalue weighted by molar-refractivity contribution is 0.0748. The predicted molar refractivity (Wildman–Crippen MR) is 95.1 cm³/mol. The highest BCUT2D eigenvalue weighted by Gasteiger charge is 2.31. The van der Waals surface area contributed by atoms with Crippen molar-refractivity contribution in [3.63, 3.8) is 0 Å². The second-order valence-corrected chi connectivity index (χ2v) is 6.80. The van der Waals surface area contributed by atoms with Gasteiger partial charge in [-0.2, -0.15) is 0 Å². The maximum Gasteiger partial charge on any atom is 0.253 e. The van der Waals surface area contributed by atoms with E-state index in [9.17, 15) is 4.79 Å². The Balaban J connectivity index is 1.67. The maximum absolute atomic E-state index is 12.8. The fourth-order valence-electron chi connectivity index (χ4n) is 3.86. The Morgan fingerprint density at radius 3 is 2.61 bits per heavy atom. The minimum atomic E-state index is 0.185. The van der Waals surface area contributed by atoms with Crippen LogP contribution >= 0.6 is 0 Å². The molecule has 2 aliphatic heterocycles. The van der Waals surface area contributed by atoms with Gasteiger partial charge in [0.2, 0.25) is 0 Å². The number of fused-ring (bicyclic) bond motifs is 2. The van der Waals surface area contributed by atoms with Crippen LogP contribution in [0.15, 0.2) is 24.3 Å². The number of nitrogens with one attached hydrogen (secondary N) is 1. The Hall–Kier alpha value is -1.55. The molecule has 0 radical (unpaired) electrons. The number of carbonyl (C=O) groups excluding carboxylic acids is 1. The minimum absolute atomic E-state index is 0.185. The van der Waals surface area contributed by atoms with Gasteiger partial charge in [-0.15, -0.1) is 0 Å². The monoisotopic (exact) mass is 315 g/mol. The molecule has 23 heavy (non-hydrogen) atoms. The van der Waals surface area contributed by atoms with Crippen molar-refractivity contribution in [1.82, 2.24) is 10.2 Å². The first kappa shape index (κ1) is 16.3. The molecule has 1 N–H and O–H groups in total. The highest BCUT2D eigenvalue weighted by atomic mass is 16.2. The summed E-state index contributed by atoms with van der Waals surface area (Å²) in [5.41, 5.74) is 2.03. The average molecular weight is 315 g/mol. The van der Waals surface area contributed by atoms with Crippen molar-refractivity contribution in [1.29, 1.82) is 0 Å². The van der Waals surface area contributed by atoms with E-state index in [1.807, 2.05) is 17.0 Å². The van der Waals surface area contributed by atoms with Gasteiger partial charge in [0.1, 0.15) is 0 Å². The lowest BCUT2D eigenvalue weighted by atomic mass is 10.1. The second kappa shape index (κ2) is 7.35. The molecule has 2 saturated heterocycles. The van der Waals surface area contributed by atoms with E-state index in [4.69, 9.17) is 0 Å². The van der Waals surface area contributed by atoms with Crippen LogP contribution in [0.2, 0.25) is 0 Å². The number of rotatable bonds is 5. The van der Waals surface area contributed by atoms with Gasteiger partial charge >= 0.3 is 0 Å². The van der Waals surface area contributed by atoms with Crippen molar-refractivity contribution in [3.8, 4) is 0 Å². The Bertz CT molecular complexity index is 528. The van der Waals surface area contributed by atoms with Gasteiger partial charge in [-0.1, -0.05) is 6.92 Å². The Kier molecular flexibility index (Phi) is 5.21. The standard InChI is InChI=1S/C19H29N3O/c1-3-12-21(4-2)18-9-5-15(6-10-18)19(23)22-13-11-16-7-8-17(14-22)20-16/h5-6,9-10,16-17,20H,3-4,7-8,11-14H2,1-2H3. The van der Waals surface area contributed by atoms with Crippen molar-refractivity contribution in [2.45, 2.75) is 51.6 Å². The Morgan fingerprint density at radius 1 is 1.17 bits per heavy atom. The third-order valence-corrected chi connectivity index (χ3v) is 5.17. The summed E-state index contributed by atoms with van der Waals surface area (Å²) in [6.45, 7) is 8.17. The molecule has 126 valence electrons. The van der Waals surface area contributed by atoms with E-state index < -0.39 is 0 Å². The molecular formula is C19H29N3O. The molecular weight excluding hydrogens is 286 g/mol. The number of amides is 1. The average Bonchev–Trinajstić information content (AvgIpc) is 2.91. The zero-order valence-corrected chi connectivity index (χ0v) is 14.4. The molecule has 2 bridgehead atoms. The zero-order chi connectivity index (χ0) is 16.2. The highest BCUT2D eigenvalue weighted by molar-refractivity contribution is 5.94. The topological polar surface area (TPSA) is 35.6 Å². The molecule has 0 spiro atoms. The highest BCUT2D eigenvalue weighted by Crippen LogP contribution is 2.22. The molecule has 1 aromatic carbocycles. The van der Waals surface area contributed by atoms with Gasteiger partial charge < -0.3 is 15.1 Å². The Labute approximate surface area is 139 Å². The maximum atomic E-state index is 12.8. The largest absolute Gasteiger partial charge is 0.372 e. The summed E-state index contributed by atoms with van der Waals surface area (Å²) in [6, 6.07) is 9.28. The van der Waals surface area contributed by atoms with Crippen LogP contribution in [0.3, 0.4) is 0 Å². The van der Waals surface area contributed by atoms with Gasteiger partial charge in [0.05, 0.1) is 0 Å². The summed E-state index contributed by atoms with van der Waals surface area (Å²) in [5.74, 6) is 0.185. The van der Waals surface area contributed by atoms with E-state index >= 15 is 0 Å². The number of hydrogen-bond acceptors (Lipinski definition) is 3.